The van der Waals surface area contributed by atoms with Crippen LogP contribution in [0.5, 0.6) is 0 Å². The third kappa shape index (κ3) is 3.64. The van der Waals surface area contributed by atoms with Gasteiger partial charge in [0.25, 0.3) is 0 Å². The van der Waals surface area contributed by atoms with E-state index in [0.29, 0.717) is 18.3 Å². The molecule has 1 aromatic carbocycles. The maximum atomic E-state index is 13.7. The van der Waals surface area contributed by atoms with Gasteiger partial charge < -0.3 is 0 Å². The van der Waals surface area contributed by atoms with Crippen LogP contribution in [0, 0.1) is 17.6 Å². The van der Waals surface area contributed by atoms with E-state index >= 15 is 0 Å². The first-order valence-electron chi connectivity index (χ1n) is 6.43. The Labute approximate surface area is 125 Å². The number of aromatic nitrogens is 3. The van der Waals surface area contributed by atoms with Gasteiger partial charge >= 0.3 is 0 Å². The van der Waals surface area contributed by atoms with E-state index in [2.05, 4.69) is 10.1 Å². The fourth-order valence-corrected chi connectivity index (χ4v) is 2.05. The Balaban J connectivity index is 2.23. The van der Waals surface area contributed by atoms with Crippen molar-refractivity contribution in [3.8, 4) is 0 Å². The van der Waals surface area contributed by atoms with E-state index in [1.54, 1.807) is 4.68 Å². The number of hydrogen-bond acceptors (Lipinski definition) is 3. The second-order valence-electron chi connectivity index (χ2n) is 5.10. The Kier molecular flexibility index (Phi) is 4.67. The fraction of sp³-hybridized carbons (Fsp3) is 0.357. The molecule has 2 rings (SSSR count). The zero-order valence-electron chi connectivity index (χ0n) is 11.6. The van der Waals surface area contributed by atoms with E-state index in [4.69, 9.17) is 11.6 Å². The van der Waals surface area contributed by atoms with E-state index in [1.165, 1.54) is 6.33 Å². The number of carbonyl (C=O) groups excluding carboxylic acids is 1. The molecule has 0 saturated heterocycles. The Morgan fingerprint density at radius 3 is 2.71 bits per heavy atom. The monoisotopic (exact) mass is 313 g/mol. The van der Waals surface area contributed by atoms with Crippen LogP contribution in [0.4, 0.5) is 8.78 Å². The van der Waals surface area contributed by atoms with Crippen LogP contribution in [0.3, 0.4) is 0 Å². The zero-order chi connectivity index (χ0) is 15.6. The van der Waals surface area contributed by atoms with Gasteiger partial charge in [0.1, 0.15) is 23.8 Å². The predicted molar refractivity (Wildman–Crippen MR) is 74.3 cm³/mol. The molecule has 0 aliphatic heterocycles. The number of Topliss-reactive ketones (excluding diaryl/α,β-unsaturated/α-hetero) is 1. The summed E-state index contributed by atoms with van der Waals surface area (Å²) < 4.78 is 28.7. The van der Waals surface area contributed by atoms with Crippen molar-refractivity contribution in [2.75, 3.05) is 0 Å². The summed E-state index contributed by atoms with van der Waals surface area (Å²) in [7, 11) is 0. The standard InChI is InChI=1S/C14H14ClF2N3O/c1-8(2)6-20-14(18-7-19-20)5-13(21)9-3-12(17)10(15)4-11(9)16/h3-4,7-8H,5-6H2,1-2H3. The highest BCUT2D eigenvalue weighted by atomic mass is 35.5. The van der Waals surface area contributed by atoms with Gasteiger partial charge in [-0.3, -0.25) is 4.79 Å². The molecule has 0 saturated carbocycles. The van der Waals surface area contributed by atoms with Crippen LogP contribution >= 0.6 is 11.6 Å². The lowest BCUT2D eigenvalue weighted by molar-refractivity contribution is 0.0984. The molecule has 0 amide bonds. The molecule has 0 aliphatic carbocycles. The van der Waals surface area contributed by atoms with Crippen LogP contribution in [0.25, 0.3) is 0 Å². The van der Waals surface area contributed by atoms with Crippen molar-refractivity contribution in [1.82, 2.24) is 14.8 Å². The highest BCUT2D eigenvalue weighted by Gasteiger charge is 2.18. The third-order valence-corrected chi connectivity index (χ3v) is 3.15. The van der Waals surface area contributed by atoms with Crippen LogP contribution in [-0.2, 0) is 13.0 Å². The first kappa shape index (κ1) is 15.6. The molecular formula is C14H14ClF2N3O. The van der Waals surface area contributed by atoms with Gasteiger partial charge in [0.15, 0.2) is 5.78 Å². The second-order valence-corrected chi connectivity index (χ2v) is 5.51. The molecule has 2 aromatic rings. The minimum atomic E-state index is -0.846. The number of benzene rings is 1. The minimum absolute atomic E-state index is 0.148. The highest BCUT2D eigenvalue weighted by Crippen LogP contribution is 2.20. The summed E-state index contributed by atoms with van der Waals surface area (Å²) in [5.74, 6) is -1.50. The third-order valence-electron chi connectivity index (χ3n) is 2.86. The van der Waals surface area contributed by atoms with Crippen molar-refractivity contribution in [2.45, 2.75) is 26.8 Å². The van der Waals surface area contributed by atoms with Crippen LogP contribution in [0.15, 0.2) is 18.5 Å². The van der Waals surface area contributed by atoms with Crippen LogP contribution in [0.2, 0.25) is 5.02 Å². The quantitative estimate of drug-likeness (QED) is 0.628. The molecule has 0 spiro atoms. The van der Waals surface area contributed by atoms with Gasteiger partial charge in [-0.05, 0) is 18.1 Å². The lowest BCUT2D eigenvalue weighted by Crippen LogP contribution is -2.15. The number of carbonyl (C=O) groups is 1. The number of halogens is 3. The van der Waals surface area contributed by atoms with Crippen LogP contribution < -0.4 is 0 Å². The molecule has 1 aromatic heterocycles. The smallest absolute Gasteiger partial charge is 0.173 e. The van der Waals surface area contributed by atoms with Crippen molar-refractivity contribution in [3.63, 3.8) is 0 Å². The molecule has 1 heterocycles. The largest absolute Gasteiger partial charge is 0.294 e. The molecule has 0 N–H and O–H groups in total. The van der Waals surface area contributed by atoms with E-state index in [9.17, 15) is 13.6 Å². The summed E-state index contributed by atoms with van der Waals surface area (Å²) in [6.07, 6.45) is 1.19. The Hall–Kier alpha value is -1.82. The molecule has 0 bridgehead atoms. The maximum Gasteiger partial charge on any atom is 0.173 e. The van der Waals surface area contributed by atoms with Gasteiger partial charge in [-0.2, -0.15) is 5.10 Å². The normalized spacial score (nSPS) is 11.1. The Morgan fingerprint density at radius 1 is 1.33 bits per heavy atom. The average molecular weight is 314 g/mol. The molecule has 112 valence electrons. The lowest BCUT2D eigenvalue weighted by atomic mass is 10.1. The van der Waals surface area contributed by atoms with Crippen LogP contribution in [-0.4, -0.2) is 20.5 Å². The molecule has 0 atom stereocenters. The van der Waals surface area contributed by atoms with E-state index < -0.39 is 17.4 Å². The topological polar surface area (TPSA) is 47.8 Å². The number of hydrogen-bond donors (Lipinski definition) is 0. The zero-order valence-corrected chi connectivity index (χ0v) is 12.4. The maximum absolute atomic E-state index is 13.7. The number of nitrogens with zero attached hydrogens (tertiary/aromatic N) is 3. The molecule has 0 radical (unpaired) electrons. The van der Waals surface area contributed by atoms with Crippen molar-refractivity contribution in [2.24, 2.45) is 5.92 Å². The Bertz CT molecular complexity index is 670. The Morgan fingerprint density at radius 2 is 2.05 bits per heavy atom. The molecule has 21 heavy (non-hydrogen) atoms. The average Bonchev–Trinajstić information content (AvgIpc) is 2.80. The molecule has 4 nitrogen and oxygen atoms in total. The van der Waals surface area contributed by atoms with Gasteiger partial charge in [0.05, 0.1) is 17.0 Å². The van der Waals surface area contributed by atoms with Gasteiger partial charge in [-0.15, -0.1) is 0 Å². The summed E-state index contributed by atoms with van der Waals surface area (Å²) in [6.45, 7) is 4.60. The highest BCUT2D eigenvalue weighted by molar-refractivity contribution is 6.30. The second kappa shape index (κ2) is 6.30. The molecule has 0 fully saturated rings. The lowest BCUT2D eigenvalue weighted by Gasteiger charge is -2.08. The summed E-state index contributed by atoms with van der Waals surface area (Å²) in [5.41, 5.74) is -0.337. The van der Waals surface area contributed by atoms with Gasteiger partial charge in [0.2, 0.25) is 0 Å². The minimum Gasteiger partial charge on any atom is -0.294 e. The van der Waals surface area contributed by atoms with Crippen molar-refractivity contribution in [1.29, 1.82) is 0 Å². The van der Waals surface area contributed by atoms with Crippen molar-refractivity contribution in [3.05, 3.63) is 46.5 Å². The van der Waals surface area contributed by atoms with Crippen LogP contribution in [0.1, 0.15) is 30.0 Å². The number of ketones is 1. The summed E-state index contributed by atoms with van der Waals surface area (Å²) >= 11 is 5.46. The molecule has 0 unspecified atom stereocenters. The molecule has 7 heteroatoms. The molecular weight excluding hydrogens is 300 g/mol. The fourth-order valence-electron chi connectivity index (χ4n) is 1.90. The first-order valence-corrected chi connectivity index (χ1v) is 6.80. The predicted octanol–water partition coefficient (Wildman–Crippen LogP) is 3.29. The summed E-state index contributed by atoms with van der Waals surface area (Å²) in [6, 6.07) is 1.60. The van der Waals surface area contributed by atoms with Gasteiger partial charge in [-0.1, -0.05) is 25.4 Å². The van der Waals surface area contributed by atoms with Gasteiger partial charge in [0, 0.05) is 6.54 Å². The summed E-state index contributed by atoms with van der Waals surface area (Å²) in [5, 5.41) is 3.67. The van der Waals surface area contributed by atoms with E-state index in [1.807, 2.05) is 13.8 Å². The van der Waals surface area contributed by atoms with E-state index in [0.717, 1.165) is 12.1 Å². The van der Waals surface area contributed by atoms with Crippen molar-refractivity contribution < 1.29 is 13.6 Å². The van der Waals surface area contributed by atoms with Gasteiger partial charge in [-0.25, -0.2) is 18.4 Å². The summed E-state index contributed by atoms with van der Waals surface area (Å²) in [4.78, 5) is 16.1. The van der Waals surface area contributed by atoms with E-state index in [-0.39, 0.29) is 17.0 Å². The molecule has 0 aliphatic rings. The number of rotatable bonds is 5. The first-order chi connectivity index (χ1) is 9.88. The SMILES string of the molecule is CC(C)Cn1ncnc1CC(=O)c1cc(F)c(Cl)cc1F. The van der Waals surface area contributed by atoms with Crippen molar-refractivity contribution >= 4 is 17.4 Å².